The maximum absolute atomic E-state index is 5.16. The monoisotopic (exact) mass is 362 g/mol. The molecule has 2 aromatic carbocycles. The van der Waals surface area contributed by atoms with Crippen LogP contribution in [0.5, 0.6) is 0 Å². The van der Waals surface area contributed by atoms with Crippen molar-refractivity contribution in [3.63, 3.8) is 0 Å². The Morgan fingerprint density at radius 3 is 2.70 bits per heavy atom. The topological polar surface area (TPSA) is 42.7 Å². The Kier molecular flexibility index (Phi) is 5.10. The molecule has 5 heteroatoms. The van der Waals surface area contributed by atoms with Crippen LogP contribution in [0.25, 0.3) is 16.7 Å². The normalized spacial score (nSPS) is 15.3. The average Bonchev–Trinajstić information content (AvgIpc) is 3.16. The minimum Gasteiger partial charge on any atom is -0.396 e. The predicted octanol–water partition coefficient (Wildman–Crippen LogP) is 4.78. The summed E-state index contributed by atoms with van der Waals surface area (Å²) in [5.41, 5.74) is 6.39. The molecule has 0 unspecified atom stereocenters. The second kappa shape index (κ2) is 7.82. The van der Waals surface area contributed by atoms with Gasteiger partial charge in [-0.1, -0.05) is 17.3 Å². The second-order valence-corrected chi connectivity index (χ2v) is 6.98. The van der Waals surface area contributed by atoms with E-state index in [1.807, 2.05) is 20.2 Å². The van der Waals surface area contributed by atoms with Gasteiger partial charge in [-0.25, -0.2) is 4.98 Å². The summed E-state index contributed by atoms with van der Waals surface area (Å²) in [7, 11) is 0. The highest BCUT2D eigenvalue weighted by Gasteiger charge is 2.13. The molecule has 27 heavy (non-hydrogen) atoms. The van der Waals surface area contributed by atoms with Crippen molar-refractivity contribution < 1.29 is 4.84 Å². The highest BCUT2D eigenvalue weighted by molar-refractivity contribution is 6.00. The van der Waals surface area contributed by atoms with Crippen molar-refractivity contribution >= 4 is 22.4 Å². The highest BCUT2D eigenvalue weighted by atomic mass is 16.6. The van der Waals surface area contributed by atoms with E-state index in [0.717, 1.165) is 41.1 Å². The molecule has 0 atom stereocenters. The molecule has 0 amide bonds. The summed E-state index contributed by atoms with van der Waals surface area (Å²) in [6.45, 7) is 6.75. The summed E-state index contributed by atoms with van der Waals surface area (Å²) >= 11 is 0. The van der Waals surface area contributed by atoms with E-state index in [-0.39, 0.29) is 0 Å². The first-order valence-corrected chi connectivity index (χ1v) is 9.75. The summed E-state index contributed by atoms with van der Waals surface area (Å²) in [6.07, 6.45) is 5.81. The van der Waals surface area contributed by atoms with Gasteiger partial charge in [0, 0.05) is 30.0 Å². The second-order valence-electron chi connectivity index (χ2n) is 6.98. The van der Waals surface area contributed by atoms with Gasteiger partial charge in [0.15, 0.2) is 0 Å². The van der Waals surface area contributed by atoms with Crippen molar-refractivity contribution in [2.45, 2.75) is 33.1 Å². The maximum Gasteiger partial charge on any atom is 0.114 e. The highest BCUT2D eigenvalue weighted by Crippen LogP contribution is 2.25. The zero-order valence-electron chi connectivity index (χ0n) is 16.1. The average molecular weight is 362 g/mol. The Labute approximate surface area is 160 Å². The number of rotatable bonds is 5. The van der Waals surface area contributed by atoms with Gasteiger partial charge in [0.25, 0.3) is 0 Å². The zero-order chi connectivity index (χ0) is 18.6. The van der Waals surface area contributed by atoms with E-state index >= 15 is 0 Å². The molecule has 0 saturated carbocycles. The van der Waals surface area contributed by atoms with Crippen LogP contribution in [-0.4, -0.2) is 35.0 Å². The molecular weight excluding hydrogens is 336 g/mol. The van der Waals surface area contributed by atoms with Crippen LogP contribution >= 0.6 is 0 Å². The fourth-order valence-corrected chi connectivity index (χ4v) is 3.65. The SMILES string of the molecule is CCON=C(C)c1ccc2c(c1)ncn2-c1cccc(N2CCCCC2)c1. The van der Waals surface area contributed by atoms with Crippen LogP contribution in [0.4, 0.5) is 5.69 Å². The molecule has 2 heterocycles. The lowest BCUT2D eigenvalue weighted by molar-refractivity contribution is 0.159. The van der Waals surface area contributed by atoms with Crippen LogP contribution in [0.15, 0.2) is 53.9 Å². The first-order valence-electron chi connectivity index (χ1n) is 9.75. The molecule has 140 valence electrons. The number of nitrogens with zero attached hydrogens (tertiary/aromatic N) is 4. The molecule has 3 aromatic rings. The number of aromatic nitrogens is 2. The van der Waals surface area contributed by atoms with Crippen LogP contribution < -0.4 is 4.90 Å². The third kappa shape index (κ3) is 3.68. The minimum atomic E-state index is 0.571. The van der Waals surface area contributed by atoms with Crippen molar-refractivity contribution in [1.29, 1.82) is 0 Å². The molecule has 0 spiro atoms. The van der Waals surface area contributed by atoms with E-state index in [4.69, 9.17) is 4.84 Å². The lowest BCUT2D eigenvalue weighted by Crippen LogP contribution is -2.29. The fourth-order valence-electron chi connectivity index (χ4n) is 3.65. The van der Waals surface area contributed by atoms with Gasteiger partial charge in [0.2, 0.25) is 0 Å². The third-order valence-electron chi connectivity index (χ3n) is 5.12. The Morgan fingerprint density at radius 1 is 1.07 bits per heavy atom. The number of piperidine rings is 1. The molecule has 4 rings (SSSR count). The molecule has 1 aliphatic heterocycles. The lowest BCUT2D eigenvalue weighted by atomic mass is 10.1. The van der Waals surface area contributed by atoms with E-state index in [9.17, 15) is 0 Å². The zero-order valence-corrected chi connectivity index (χ0v) is 16.1. The Hall–Kier alpha value is -2.82. The van der Waals surface area contributed by atoms with Crippen LogP contribution in [0.1, 0.15) is 38.7 Å². The van der Waals surface area contributed by atoms with Crippen molar-refractivity contribution in [3.8, 4) is 5.69 Å². The molecule has 0 radical (unpaired) electrons. The molecular formula is C22H26N4O. The van der Waals surface area contributed by atoms with Crippen molar-refractivity contribution in [2.75, 3.05) is 24.6 Å². The van der Waals surface area contributed by atoms with Gasteiger partial charge < -0.3 is 9.74 Å². The largest absolute Gasteiger partial charge is 0.396 e. The molecule has 1 fully saturated rings. The molecule has 1 aromatic heterocycles. The Balaban J connectivity index is 1.66. The van der Waals surface area contributed by atoms with Crippen LogP contribution in [-0.2, 0) is 4.84 Å². The van der Waals surface area contributed by atoms with Crippen molar-refractivity contribution in [2.24, 2.45) is 5.16 Å². The fraction of sp³-hybridized carbons (Fsp3) is 0.364. The molecule has 1 saturated heterocycles. The van der Waals surface area contributed by atoms with Gasteiger partial charge >= 0.3 is 0 Å². The summed E-state index contributed by atoms with van der Waals surface area (Å²) in [5, 5.41) is 4.12. The lowest BCUT2D eigenvalue weighted by Gasteiger charge is -2.29. The summed E-state index contributed by atoms with van der Waals surface area (Å²) in [5.74, 6) is 0. The van der Waals surface area contributed by atoms with Gasteiger partial charge in [0.05, 0.1) is 16.7 Å². The van der Waals surface area contributed by atoms with E-state index in [1.165, 1.54) is 24.9 Å². The minimum absolute atomic E-state index is 0.571. The first-order chi connectivity index (χ1) is 13.3. The Bertz CT molecular complexity index is 954. The van der Waals surface area contributed by atoms with Gasteiger partial charge in [-0.3, -0.25) is 4.57 Å². The number of fused-ring (bicyclic) bond motifs is 1. The first kappa shape index (κ1) is 17.6. The Morgan fingerprint density at radius 2 is 1.89 bits per heavy atom. The number of anilines is 1. The van der Waals surface area contributed by atoms with E-state index in [2.05, 4.69) is 62.1 Å². The van der Waals surface area contributed by atoms with E-state index in [1.54, 1.807) is 0 Å². The van der Waals surface area contributed by atoms with Gasteiger partial charge in [0.1, 0.15) is 12.9 Å². The summed E-state index contributed by atoms with van der Waals surface area (Å²) < 4.78 is 2.15. The molecule has 0 bridgehead atoms. The number of hydrogen-bond acceptors (Lipinski definition) is 4. The van der Waals surface area contributed by atoms with E-state index < -0.39 is 0 Å². The predicted molar refractivity (Wildman–Crippen MR) is 111 cm³/mol. The number of imidazole rings is 1. The molecule has 0 N–H and O–H groups in total. The number of hydrogen-bond donors (Lipinski definition) is 0. The smallest absolute Gasteiger partial charge is 0.114 e. The van der Waals surface area contributed by atoms with Crippen LogP contribution in [0.2, 0.25) is 0 Å². The number of oxime groups is 1. The quantitative estimate of drug-likeness (QED) is 0.485. The third-order valence-corrected chi connectivity index (χ3v) is 5.12. The summed E-state index contributed by atoms with van der Waals surface area (Å²) in [4.78, 5) is 12.3. The van der Waals surface area contributed by atoms with Crippen LogP contribution in [0.3, 0.4) is 0 Å². The number of benzene rings is 2. The van der Waals surface area contributed by atoms with E-state index in [0.29, 0.717) is 6.61 Å². The molecule has 0 aliphatic carbocycles. The van der Waals surface area contributed by atoms with Crippen LogP contribution in [0, 0.1) is 0 Å². The van der Waals surface area contributed by atoms with Gasteiger partial charge in [-0.15, -0.1) is 0 Å². The van der Waals surface area contributed by atoms with Gasteiger partial charge in [-0.2, -0.15) is 0 Å². The molecule has 5 nitrogen and oxygen atoms in total. The maximum atomic E-state index is 5.16. The standard InChI is InChI=1S/C22H26N4O/c1-3-27-24-17(2)18-10-11-22-21(14-18)23-16-26(22)20-9-7-8-19(15-20)25-12-5-4-6-13-25/h7-11,14-16H,3-6,12-13H2,1-2H3. The van der Waals surface area contributed by atoms with Gasteiger partial charge in [-0.05, 0) is 63.4 Å². The van der Waals surface area contributed by atoms with Crippen molar-refractivity contribution in [3.05, 3.63) is 54.4 Å². The summed E-state index contributed by atoms with van der Waals surface area (Å²) in [6, 6.07) is 15.0. The van der Waals surface area contributed by atoms with Crippen molar-refractivity contribution in [1.82, 2.24) is 9.55 Å². The molecule has 1 aliphatic rings.